The van der Waals surface area contributed by atoms with E-state index in [4.69, 9.17) is 5.73 Å². The lowest BCUT2D eigenvalue weighted by atomic mass is 10.2. The second-order valence-corrected chi connectivity index (χ2v) is 8.62. The highest BCUT2D eigenvalue weighted by molar-refractivity contribution is 7.89. The lowest BCUT2D eigenvalue weighted by molar-refractivity contribution is -0.116. The summed E-state index contributed by atoms with van der Waals surface area (Å²) >= 11 is 0. The molecule has 2 aromatic rings. The molecule has 1 amide bonds. The van der Waals surface area contributed by atoms with Crippen molar-refractivity contribution in [2.24, 2.45) is 5.73 Å². The highest BCUT2D eigenvalue weighted by Crippen LogP contribution is 2.32. The minimum Gasteiger partial charge on any atom is -0.330 e. The summed E-state index contributed by atoms with van der Waals surface area (Å²) in [6, 6.07) is 14.6. The largest absolute Gasteiger partial charge is 0.330 e. The number of nitrogens with two attached hydrogens (primary N) is 1. The number of hydrogen-bond acceptors (Lipinski definition) is 4. The molecular formula is C20H26ClN3O3S. The Morgan fingerprint density at radius 3 is 2.54 bits per heavy atom. The zero-order chi connectivity index (χ0) is 19.4. The van der Waals surface area contributed by atoms with Crippen molar-refractivity contribution in [1.29, 1.82) is 0 Å². The van der Waals surface area contributed by atoms with E-state index >= 15 is 0 Å². The first-order valence-corrected chi connectivity index (χ1v) is 10.5. The summed E-state index contributed by atoms with van der Waals surface area (Å²) in [5.41, 5.74) is 8.23. The second kappa shape index (κ2) is 9.52. The molecule has 3 rings (SSSR count). The molecule has 1 aliphatic rings. The molecule has 2 aromatic carbocycles. The van der Waals surface area contributed by atoms with Gasteiger partial charge in [0.15, 0.2) is 0 Å². The molecule has 28 heavy (non-hydrogen) atoms. The number of fused-ring (bicyclic) bond motifs is 1. The molecule has 152 valence electrons. The standard InChI is InChI=1S/C20H25N3O3S.ClH/c1-16(24)23-13-10-18-8-9-19(14-20(18)23)27(25,26)22(12-5-11-21)15-17-6-3-2-4-7-17;/h2-4,6-9,14H,5,10-13,15,21H2,1H3;1H. The molecule has 0 aromatic heterocycles. The molecule has 0 radical (unpaired) electrons. The number of anilines is 1. The van der Waals surface area contributed by atoms with E-state index in [1.165, 1.54) is 11.2 Å². The topological polar surface area (TPSA) is 83.7 Å². The Labute approximate surface area is 172 Å². The van der Waals surface area contributed by atoms with Crippen molar-refractivity contribution in [2.75, 3.05) is 24.5 Å². The number of amides is 1. The molecule has 0 bridgehead atoms. The van der Waals surface area contributed by atoms with Gasteiger partial charge in [-0.3, -0.25) is 4.79 Å². The van der Waals surface area contributed by atoms with Gasteiger partial charge in [0.05, 0.1) is 4.90 Å². The molecule has 0 saturated heterocycles. The van der Waals surface area contributed by atoms with E-state index < -0.39 is 10.0 Å². The summed E-state index contributed by atoms with van der Waals surface area (Å²) in [5.74, 6) is -0.0763. The number of carbonyl (C=O) groups is 1. The van der Waals surface area contributed by atoms with Gasteiger partial charge in [0, 0.05) is 32.2 Å². The molecule has 1 heterocycles. The average molecular weight is 424 g/mol. The van der Waals surface area contributed by atoms with Gasteiger partial charge in [-0.05, 0) is 42.6 Å². The Hall–Kier alpha value is -1.93. The highest BCUT2D eigenvalue weighted by Gasteiger charge is 2.28. The van der Waals surface area contributed by atoms with Crippen molar-refractivity contribution in [3.8, 4) is 0 Å². The number of carbonyl (C=O) groups excluding carboxylic acids is 1. The van der Waals surface area contributed by atoms with E-state index in [1.54, 1.807) is 17.0 Å². The summed E-state index contributed by atoms with van der Waals surface area (Å²) in [6.07, 6.45) is 1.33. The van der Waals surface area contributed by atoms with Crippen LogP contribution in [0.25, 0.3) is 0 Å². The number of sulfonamides is 1. The van der Waals surface area contributed by atoms with Crippen molar-refractivity contribution < 1.29 is 13.2 Å². The Balaban J connectivity index is 0.00000280. The van der Waals surface area contributed by atoms with Crippen LogP contribution in [0.1, 0.15) is 24.5 Å². The second-order valence-electron chi connectivity index (χ2n) is 6.68. The quantitative estimate of drug-likeness (QED) is 0.741. The maximum Gasteiger partial charge on any atom is 0.243 e. The van der Waals surface area contributed by atoms with Crippen LogP contribution in [0.4, 0.5) is 5.69 Å². The smallest absolute Gasteiger partial charge is 0.243 e. The first-order valence-electron chi connectivity index (χ1n) is 9.08. The minimum atomic E-state index is -3.70. The summed E-state index contributed by atoms with van der Waals surface area (Å²) in [6.45, 7) is 3.15. The predicted octanol–water partition coefficient (Wildman–Crippen LogP) is 2.56. The van der Waals surface area contributed by atoms with E-state index in [9.17, 15) is 13.2 Å². The number of benzene rings is 2. The van der Waals surface area contributed by atoms with Gasteiger partial charge in [0.25, 0.3) is 0 Å². The first-order chi connectivity index (χ1) is 12.9. The van der Waals surface area contributed by atoms with Gasteiger partial charge in [0.2, 0.25) is 15.9 Å². The number of hydrogen-bond donors (Lipinski definition) is 1. The molecule has 1 aliphatic heterocycles. The van der Waals surface area contributed by atoms with E-state index in [0.29, 0.717) is 31.7 Å². The van der Waals surface area contributed by atoms with E-state index in [0.717, 1.165) is 17.5 Å². The van der Waals surface area contributed by atoms with Crippen LogP contribution in [0.3, 0.4) is 0 Å². The van der Waals surface area contributed by atoms with Gasteiger partial charge < -0.3 is 10.6 Å². The van der Waals surface area contributed by atoms with Crippen LogP contribution in [-0.4, -0.2) is 38.3 Å². The molecule has 0 saturated carbocycles. The van der Waals surface area contributed by atoms with E-state index in [1.807, 2.05) is 36.4 Å². The average Bonchev–Trinajstić information content (AvgIpc) is 3.09. The van der Waals surface area contributed by atoms with Gasteiger partial charge in [-0.25, -0.2) is 8.42 Å². The Morgan fingerprint density at radius 2 is 1.89 bits per heavy atom. The van der Waals surface area contributed by atoms with Crippen molar-refractivity contribution in [3.05, 3.63) is 59.7 Å². The fraction of sp³-hybridized carbons (Fsp3) is 0.350. The van der Waals surface area contributed by atoms with Gasteiger partial charge in [-0.2, -0.15) is 4.31 Å². The van der Waals surface area contributed by atoms with Crippen molar-refractivity contribution in [3.63, 3.8) is 0 Å². The maximum atomic E-state index is 13.3. The molecule has 8 heteroatoms. The van der Waals surface area contributed by atoms with Crippen LogP contribution in [0.2, 0.25) is 0 Å². The van der Waals surface area contributed by atoms with Gasteiger partial charge in [0.1, 0.15) is 0 Å². The van der Waals surface area contributed by atoms with Gasteiger partial charge >= 0.3 is 0 Å². The molecular weight excluding hydrogens is 398 g/mol. The van der Waals surface area contributed by atoms with Crippen LogP contribution >= 0.6 is 12.4 Å². The van der Waals surface area contributed by atoms with Crippen molar-refractivity contribution in [1.82, 2.24) is 4.31 Å². The summed E-state index contributed by atoms with van der Waals surface area (Å²) in [7, 11) is -3.70. The Kier molecular flexibility index (Phi) is 7.60. The molecule has 0 atom stereocenters. The van der Waals surface area contributed by atoms with Crippen LogP contribution in [0.5, 0.6) is 0 Å². The van der Waals surface area contributed by atoms with Gasteiger partial charge in [-0.15, -0.1) is 12.4 Å². The Bertz CT molecular complexity index is 920. The third-order valence-electron chi connectivity index (χ3n) is 4.78. The molecule has 2 N–H and O–H groups in total. The normalized spacial score (nSPS) is 13.3. The highest BCUT2D eigenvalue weighted by atomic mass is 35.5. The van der Waals surface area contributed by atoms with Gasteiger partial charge in [-0.1, -0.05) is 36.4 Å². The monoisotopic (exact) mass is 423 g/mol. The summed E-state index contributed by atoms with van der Waals surface area (Å²) in [5, 5.41) is 0. The number of rotatable bonds is 7. The molecule has 6 nitrogen and oxygen atoms in total. The molecule has 0 spiro atoms. The third kappa shape index (κ3) is 4.72. The summed E-state index contributed by atoms with van der Waals surface area (Å²) < 4.78 is 28.1. The zero-order valence-electron chi connectivity index (χ0n) is 15.9. The van der Waals surface area contributed by atoms with Crippen molar-refractivity contribution >= 4 is 34.0 Å². The predicted molar refractivity (Wildman–Crippen MR) is 113 cm³/mol. The van der Waals surface area contributed by atoms with Crippen LogP contribution in [0, 0.1) is 0 Å². The Morgan fingerprint density at radius 1 is 1.18 bits per heavy atom. The molecule has 0 unspecified atom stereocenters. The summed E-state index contributed by atoms with van der Waals surface area (Å²) in [4.78, 5) is 13.7. The van der Waals surface area contributed by atoms with Crippen LogP contribution in [-0.2, 0) is 27.8 Å². The van der Waals surface area contributed by atoms with E-state index in [2.05, 4.69) is 0 Å². The minimum absolute atomic E-state index is 0. The number of halogens is 1. The lowest BCUT2D eigenvalue weighted by Gasteiger charge is -2.23. The molecule has 0 aliphatic carbocycles. The first kappa shape index (κ1) is 22.4. The number of nitrogens with zero attached hydrogens (tertiary/aromatic N) is 2. The van der Waals surface area contributed by atoms with Crippen molar-refractivity contribution in [2.45, 2.75) is 31.2 Å². The lowest BCUT2D eigenvalue weighted by Crippen LogP contribution is -2.33. The fourth-order valence-electron chi connectivity index (χ4n) is 3.33. The van der Waals surface area contributed by atoms with Crippen LogP contribution < -0.4 is 10.6 Å². The SMILES string of the molecule is CC(=O)N1CCc2ccc(S(=O)(=O)N(CCCN)Cc3ccccc3)cc21.Cl. The van der Waals surface area contributed by atoms with Crippen LogP contribution in [0.15, 0.2) is 53.4 Å². The third-order valence-corrected chi connectivity index (χ3v) is 6.62. The zero-order valence-corrected chi connectivity index (χ0v) is 17.5. The maximum absolute atomic E-state index is 13.3. The molecule has 0 fully saturated rings. The fourth-order valence-corrected chi connectivity index (χ4v) is 4.82. The van der Waals surface area contributed by atoms with E-state index in [-0.39, 0.29) is 29.8 Å².